The summed E-state index contributed by atoms with van der Waals surface area (Å²) < 4.78 is 66.5. The lowest BCUT2D eigenvalue weighted by Gasteiger charge is -2.43. The van der Waals surface area contributed by atoms with Gasteiger partial charge in [0.2, 0.25) is 0 Å². The lowest BCUT2D eigenvalue weighted by molar-refractivity contribution is -0.326. The third-order valence-corrected chi connectivity index (χ3v) is 6.81. The Hall–Kier alpha value is -3.82. The predicted octanol–water partition coefficient (Wildman–Crippen LogP) is 3.58. The van der Waals surface area contributed by atoms with Gasteiger partial charge < -0.3 is 25.5 Å². The molecular formula is C26H27F5N6O4. The molecule has 1 amide bonds. The molecular weight excluding hydrogens is 555 g/mol. The summed E-state index contributed by atoms with van der Waals surface area (Å²) in [5.41, 5.74) is -3.06. The van der Waals surface area contributed by atoms with Crippen LogP contribution in [-0.2, 0) is 12.1 Å². The van der Waals surface area contributed by atoms with Crippen LogP contribution >= 0.6 is 0 Å². The Morgan fingerprint density at radius 1 is 1.12 bits per heavy atom. The summed E-state index contributed by atoms with van der Waals surface area (Å²) in [5, 5.41) is 31.8. The largest absolute Gasteiger partial charge is 0.417 e. The van der Waals surface area contributed by atoms with Gasteiger partial charge in [0.05, 0.1) is 22.7 Å². The molecule has 220 valence electrons. The summed E-state index contributed by atoms with van der Waals surface area (Å²) in [6.45, 7) is 3.79. The number of carbonyl (C=O) groups excluding carboxylic acids is 1. The molecule has 4 N–H and O–H groups in total. The highest BCUT2D eigenvalue weighted by Gasteiger charge is 2.38. The van der Waals surface area contributed by atoms with Gasteiger partial charge in [-0.1, -0.05) is 13.8 Å². The Labute approximate surface area is 230 Å². The summed E-state index contributed by atoms with van der Waals surface area (Å²) in [6.07, 6.45) is -4.15. The molecule has 41 heavy (non-hydrogen) atoms. The Bertz CT molecular complexity index is 1390. The van der Waals surface area contributed by atoms with Crippen LogP contribution in [0.25, 0.3) is 11.4 Å². The fraction of sp³-hybridized carbons (Fsp3) is 0.423. The maximum Gasteiger partial charge on any atom is 0.417 e. The van der Waals surface area contributed by atoms with E-state index in [1.807, 2.05) is 13.8 Å². The van der Waals surface area contributed by atoms with Crippen LogP contribution in [0.3, 0.4) is 0 Å². The smallest absolute Gasteiger partial charge is 0.368 e. The summed E-state index contributed by atoms with van der Waals surface area (Å²) in [7, 11) is 0. The van der Waals surface area contributed by atoms with Crippen molar-refractivity contribution < 1.29 is 42.1 Å². The number of hydrogen-bond acceptors (Lipinski definition) is 9. The van der Waals surface area contributed by atoms with E-state index in [1.54, 1.807) is 6.07 Å². The standard InChI is InChI=1S/C26H27F5N6O4/c1-13-8-14(2)18(11-35-23-17(21(27)28)9-15(10-34-23)25(29,30)31)37(12-13)24(38)20-16(22-32-6-3-7-33-22)4-5-19(36-20)26(39,40)41/h3-7,9-10,13-14,18,21,39-41H,8,11-12H2,1-2H3,(H,34,35). The second-order valence-corrected chi connectivity index (χ2v) is 9.98. The van der Waals surface area contributed by atoms with E-state index in [1.165, 1.54) is 23.4 Å². The molecule has 3 atom stereocenters. The molecule has 15 heteroatoms. The minimum absolute atomic E-state index is 0.00163. The van der Waals surface area contributed by atoms with Gasteiger partial charge in [-0.05, 0) is 42.5 Å². The number of hydrogen-bond donors (Lipinski definition) is 4. The first-order valence-electron chi connectivity index (χ1n) is 12.5. The van der Waals surface area contributed by atoms with Gasteiger partial charge in [-0.15, -0.1) is 0 Å². The van der Waals surface area contributed by atoms with Crippen molar-refractivity contribution >= 4 is 11.7 Å². The van der Waals surface area contributed by atoms with Crippen LogP contribution in [-0.4, -0.2) is 65.2 Å². The normalized spacial score (nSPS) is 19.9. The summed E-state index contributed by atoms with van der Waals surface area (Å²) in [6, 6.07) is 3.61. The average Bonchev–Trinajstić information content (AvgIpc) is 2.90. The summed E-state index contributed by atoms with van der Waals surface area (Å²) >= 11 is 0. The van der Waals surface area contributed by atoms with Crippen molar-refractivity contribution in [1.29, 1.82) is 0 Å². The summed E-state index contributed by atoms with van der Waals surface area (Å²) in [4.78, 5) is 31.3. The fourth-order valence-corrected chi connectivity index (χ4v) is 4.91. The number of alkyl halides is 5. The number of amides is 1. The molecule has 0 aromatic carbocycles. The van der Waals surface area contributed by atoms with E-state index in [9.17, 15) is 42.1 Å². The molecule has 3 aromatic heterocycles. The number of rotatable bonds is 7. The molecule has 0 bridgehead atoms. The zero-order valence-electron chi connectivity index (χ0n) is 21.8. The van der Waals surface area contributed by atoms with Crippen molar-refractivity contribution in [3.8, 4) is 11.4 Å². The van der Waals surface area contributed by atoms with Crippen LogP contribution in [0.15, 0.2) is 42.9 Å². The Morgan fingerprint density at radius 2 is 1.80 bits per heavy atom. The highest BCUT2D eigenvalue weighted by molar-refractivity contribution is 5.98. The molecule has 4 rings (SSSR count). The quantitative estimate of drug-likeness (QED) is 0.243. The van der Waals surface area contributed by atoms with E-state index in [4.69, 9.17) is 0 Å². The van der Waals surface area contributed by atoms with Gasteiger partial charge in [0.15, 0.2) is 5.82 Å². The average molecular weight is 583 g/mol. The maximum atomic E-state index is 14.0. The molecule has 0 saturated carbocycles. The zero-order chi connectivity index (χ0) is 30.1. The van der Waals surface area contributed by atoms with Crippen LogP contribution in [0, 0.1) is 11.8 Å². The van der Waals surface area contributed by atoms with Crippen molar-refractivity contribution in [2.24, 2.45) is 11.8 Å². The highest BCUT2D eigenvalue weighted by Crippen LogP contribution is 2.35. The molecule has 0 radical (unpaired) electrons. The van der Waals surface area contributed by atoms with E-state index in [0.29, 0.717) is 18.7 Å². The molecule has 1 aliphatic rings. The topological polar surface area (TPSA) is 145 Å². The molecule has 3 unspecified atom stereocenters. The van der Waals surface area contributed by atoms with Crippen LogP contribution in [0.4, 0.5) is 27.8 Å². The molecule has 10 nitrogen and oxygen atoms in total. The van der Waals surface area contributed by atoms with Crippen LogP contribution < -0.4 is 5.32 Å². The van der Waals surface area contributed by atoms with E-state index < -0.39 is 53.2 Å². The number of piperidine rings is 1. The second-order valence-electron chi connectivity index (χ2n) is 9.98. The van der Waals surface area contributed by atoms with Gasteiger partial charge in [-0.25, -0.2) is 28.7 Å². The molecule has 3 aromatic rings. The number of aliphatic hydroxyl groups is 3. The molecule has 0 spiro atoms. The van der Waals surface area contributed by atoms with Gasteiger partial charge in [0.1, 0.15) is 17.2 Å². The van der Waals surface area contributed by atoms with Crippen molar-refractivity contribution in [3.63, 3.8) is 0 Å². The van der Waals surface area contributed by atoms with Crippen molar-refractivity contribution in [2.75, 3.05) is 18.4 Å². The monoisotopic (exact) mass is 582 g/mol. The number of halogens is 5. The first-order chi connectivity index (χ1) is 19.2. The van der Waals surface area contributed by atoms with Crippen molar-refractivity contribution in [2.45, 2.75) is 44.9 Å². The number of carbonyl (C=O) groups is 1. The number of anilines is 1. The number of pyridine rings is 2. The molecule has 0 aliphatic carbocycles. The third kappa shape index (κ3) is 6.74. The third-order valence-electron chi connectivity index (χ3n) is 6.81. The van der Waals surface area contributed by atoms with Gasteiger partial charge in [0.25, 0.3) is 12.3 Å². The number of nitrogens with zero attached hydrogens (tertiary/aromatic N) is 5. The van der Waals surface area contributed by atoms with E-state index in [2.05, 4.69) is 25.3 Å². The maximum absolute atomic E-state index is 14.0. The van der Waals surface area contributed by atoms with Gasteiger partial charge in [0, 0.05) is 31.7 Å². The van der Waals surface area contributed by atoms with Gasteiger partial charge in [-0.3, -0.25) is 4.79 Å². The lowest BCUT2D eigenvalue weighted by Crippen LogP contribution is -2.53. The van der Waals surface area contributed by atoms with E-state index in [0.717, 1.165) is 6.07 Å². The Morgan fingerprint density at radius 3 is 2.41 bits per heavy atom. The van der Waals surface area contributed by atoms with E-state index in [-0.39, 0.29) is 42.0 Å². The minimum atomic E-state index is -4.86. The van der Waals surface area contributed by atoms with Gasteiger partial charge in [-0.2, -0.15) is 13.2 Å². The number of aromatic nitrogens is 4. The predicted molar refractivity (Wildman–Crippen MR) is 134 cm³/mol. The van der Waals surface area contributed by atoms with Crippen molar-refractivity contribution in [3.05, 3.63) is 65.4 Å². The first-order valence-corrected chi connectivity index (χ1v) is 12.5. The minimum Gasteiger partial charge on any atom is -0.368 e. The molecule has 1 aliphatic heterocycles. The highest BCUT2D eigenvalue weighted by atomic mass is 19.4. The van der Waals surface area contributed by atoms with Crippen LogP contribution in [0.2, 0.25) is 0 Å². The Kier molecular flexibility index (Phi) is 8.52. The zero-order valence-corrected chi connectivity index (χ0v) is 21.8. The molecule has 4 heterocycles. The fourth-order valence-electron chi connectivity index (χ4n) is 4.91. The second kappa shape index (κ2) is 11.6. The number of nitrogens with one attached hydrogen (secondary N) is 1. The SMILES string of the molecule is CC1CC(C)C(CNc2ncc(C(F)(F)F)cc2C(F)F)N(C(=O)c2nc(C(O)(O)O)ccc2-c2ncccn2)C1. The first kappa shape index (κ1) is 30.1. The Balaban J connectivity index is 1.70. The lowest BCUT2D eigenvalue weighted by atomic mass is 9.84. The van der Waals surface area contributed by atoms with Gasteiger partial charge >= 0.3 is 12.1 Å². The summed E-state index contributed by atoms with van der Waals surface area (Å²) in [5.74, 6) is -4.61. The van der Waals surface area contributed by atoms with Crippen LogP contribution in [0.1, 0.15) is 54.0 Å². The van der Waals surface area contributed by atoms with Crippen molar-refractivity contribution in [1.82, 2.24) is 24.8 Å². The van der Waals surface area contributed by atoms with E-state index >= 15 is 0 Å². The number of likely N-dealkylation sites (tertiary alicyclic amines) is 1. The van der Waals surface area contributed by atoms with Crippen LogP contribution in [0.5, 0.6) is 0 Å². The molecule has 1 saturated heterocycles. The molecule has 1 fully saturated rings.